The first-order chi connectivity index (χ1) is 9.72. The van der Waals surface area contributed by atoms with E-state index in [1.54, 1.807) is 7.11 Å². The first-order valence-corrected chi connectivity index (χ1v) is 7.63. The maximum atomic E-state index is 5.50. The molecule has 0 radical (unpaired) electrons. The first-order valence-electron chi connectivity index (χ1n) is 7.63. The number of hydrogen-bond donors (Lipinski definition) is 1. The Balaban J connectivity index is 1.87. The smallest absolute Gasteiger partial charge is 0.122 e. The highest BCUT2D eigenvalue weighted by atomic mass is 16.5. The van der Waals surface area contributed by atoms with Gasteiger partial charge >= 0.3 is 0 Å². The van der Waals surface area contributed by atoms with Gasteiger partial charge in [0.2, 0.25) is 0 Å². The Morgan fingerprint density at radius 1 is 1.25 bits per heavy atom. The van der Waals surface area contributed by atoms with Gasteiger partial charge in [0.25, 0.3) is 0 Å². The van der Waals surface area contributed by atoms with Crippen LogP contribution >= 0.6 is 0 Å². The topological polar surface area (TPSA) is 30.5 Å². The van der Waals surface area contributed by atoms with Crippen molar-refractivity contribution in [2.75, 3.05) is 14.2 Å². The maximum absolute atomic E-state index is 5.50. The van der Waals surface area contributed by atoms with Crippen molar-refractivity contribution in [3.05, 3.63) is 29.8 Å². The van der Waals surface area contributed by atoms with Crippen LogP contribution in [-0.2, 0) is 11.2 Å². The van der Waals surface area contributed by atoms with Crippen LogP contribution in [0.15, 0.2) is 24.3 Å². The molecule has 0 spiro atoms. The zero-order valence-electron chi connectivity index (χ0n) is 12.9. The molecule has 1 aliphatic rings. The second-order valence-electron chi connectivity index (χ2n) is 5.80. The largest absolute Gasteiger partial charge is 0.496 e. The van der Waals surface area contributed by atoms with E-state index in [0.717, 1.165) is 18.6 Å². The van der Waals surface area contributed by atoms with E-state index < -0.39 is 0 Å². The van der Waals surface area contributed by atoms with Crippen LogP contribution in [0.2, 0.25) is 0 Å². The maximum Gasteiger partial charge on any atom is 0.122 e. The molecule has 20 heavy (non-hydrogen) atoms. The Kier molecular flexibility index (Phi) is 5.86. The molecule has 1 fully saturated rings. The quantitative estimate of drug-likeness (QED) is 0.866. The van der Waals surface area contributed by atoms with Crippen LogP contribution in [-0.4, -0.2) is 32.4 Å². The van der Waals surface area contributed by atoms with Crippen LogP contribution < -0.4 is 10.1 Å². The van der Waals surface area contributed by atoms with Gasteiger partial charge in [-0.1, -0.05) is 18.2 Å². The third-order valence-electron chi connectivity index (χ3n) is 4.20. The van der Waals surface area contributed by atoms with Gasteiger partial charge in [0.05, 0.1) is 13.2 Å². The van der Waals surface area contributed by atoms with Crippen molar-refractivity contribution in [1.82, 2.24) is 5.32 Å². The normalized spacial score (nSPS) is 24.4. The fourth-order valence-electron chi connectivity index (χ4n) is 3.17. The number of benzene rings is 1. The van der Waals surface area contributed by atoms with Gasteiger partial charge in [-0.3, -0.25) is 0 Å². The highest BCUT2D eigenvalue weighted by Gasteiger charge is 2.22. The fourth-order valence-corrected chi connectivity index (χ4v) is 3.17. The molecular weight excluding hydrogens is 250 g/mol. The molecule has 2 rings (SSSR count). The number of nitrogens with one attached hydrogen (secondary N) is 1. The summed E-state index contributed by atoms with van der Waals surface area (Å²) in [7, 11) is 3.56. The Morgan fingerprint density at radius 2 is 2.05 bits per heavy atom. The lowest BCUT2D eigenvalue weighted by Crippen LogP contribution is -2.42. The summed E-state index contributed by atoms with van der Waals surface area (Å²) in [5, 5.41) is 3.75. The molecule has 1 aliphatic carbocycles. The molecule has 0 bridgehead atoms. The summed E-state index contributed by atoms with van der Waals surface area (Å²) in [6.07, 6.45) is 6.29. The number of ether oxygens (including phenoxy) is 2. The minimum absolute atomic E-state index is 0.430. The summed E-state index contributed by atoms with van der Waals surface area (Å²) >= 11 is 0. The average molecular weight is 277 g/mol. The highest BCUT2D eigenvalue weighted by Crippen LogP contribution is 2.23. The van der Waals surface area contributed by atoms with E-state index in [0.29, 0.717) is 18.2 Å². The summed E-state index contributed by atoms with van der Waals surface area (Å²) in [6, 6.07) is 9.31. The zero-order valence-corrected chi connectivity index (χ0v) is 12.9. The van der Waals surface area contributed by atoms with Gasteiger partial charge in [0.15, 0.2) is 0 Å². The van der Waals surface area contributed by atoms with Gasteiger partial charge in [-0.2, -0.15) is 0 Å². The van der Waals surface area contributed by atoms with Crippen molar-refractivity contribution < 1.29 is 9.47 Å². The van der Waals surface area contributed by atoms with E-state index in [4.69, 9.17) is 9.47 Å². The monoisotopic (exact) mass is 277 g/mol. The predicted octanol–water partition coefficient (Wildman–Crippen LogP) is 3.17. The molecule has 112 valence electrons. The van der Waals surface area contributed by atoms with Crippen LogP contribution in [0, 0.1) is 0 Å². The van der Waals surface area contributed by atoms with Crippen LogP contribution in [0.3, 0.4) is 0 Å². The SMILES string of the molecule is COc1ccccc1CC(C)NC1CCCC(OC)C1. The number of para-hydroxylation sites is 1. The molecule has 0 amide bonds. The van der Waals surface area contributed by atoms with Gasteiger partial charge < -0.3 is 14.8 Å². The van der Waals surface area contributed by atoms with Gasteiger partial charge in [-0.25, -0.2) is 0 Å². The van der Waals surface area contributed by atoms with Gasteiger partial charge in [0, 0.05) is 19.2 Å². The summed E-state index contributed by atoms with van der Waals surface area (Å²) in [4.78, 5) is 0. The zero-order chi connectivity index (χ0) is 14.4. The minimum atomic E-state index is 0.430. The molecule has 1 saturated carbocycles. The third-order valence-corrected chi connectivity index (χ3v) is 4.20. The lowest BCUT2D eigenvalue weighted by molar-refractivity contribution is 0.0573. The molecule has 1 aromatic carbocycles. The van der Waals surface area contributed by atoms with E-state index in [-0.39, 0.29) is 0 Å². The lowest BCUT2D eigenvalue weighted by Gasteiger charge is -2.31. The molecular formula is C17H27NO2. The molecule has 3 unspecified atom stereocenters. The molecule has 0 aromatic heterocycles. The van der Waals surface area contributed by atoms with Crippen molar-refractivity contribution >= 4 is 0 Å². The Bertz CT molecular complexity index is 408. The average Bonchev–Trinajstić information content (AvgIpc) is 2.48. The summed E-state index contributed by atoms with van der Waals surface area (Å²) in [5.74, 6) is 0.986. The van der Waals surface area contributed by atoms with E-state index in [1.165, 1.54) is 24.8 Å². The Labute approximate surface area is 122 Å². The summed E-state index contributed by atoms with van der Waals surface area (Å²) in [5.41, 5.74) is 1.27. The molecule has 1 aromatic rings. The van der Waals surface area contributed by atoms with Crippen molar-refractivity contribution in [1.29, 1.82) is 0 Å². The fraction of sp³-hybridized carbons (Fsp3) is 0.647. The molecule has 0 aliphatic heterocycles. The van der Waals surface area contributed by atoms with E-state index in [9.17, 15) is 0 Å². The van der Waals surface area contributed by atoms with Crippen LogP contribution in [0.5, 0.6) is 5.75 Å². The van der Waals surface area contributed by atoms with E-state index in [2.05, 4.69) is 24.4 Å². The summed E-state index contributed by atoms with van der Waals surface area (Å²) < 4.78 is 10.9. The summed E-state index contributed by atoms with van der Waals surface area (Å²) in [6.45, 7) is 2.25. The second kappa shape index (κ2) is 7.65. The molecule has 3 heteroatoms. The van der Waals surface area contributed by atoms with Crippen LogP contribution in [0.4, 0.5) is 0 Å². The minimum Gasteiger partial charge on any atom is -0.496 e. The second-order valence-corrected chi connectivity index (χ2v) is 5.80. The molecule has 0 heterocycles. The molecule has 1 N–H and O–H groups in total. The standard InChI is InChI=1S/C17H27NO2/c1-13(11-14-7-4-5-10-17(14)20-3)18-15-8-6-9-16(12-15)19-2/h4-5,7,10,13,15-16,18H,6,8-9,11-12H2,1-3H3. The predicted molar refractivity (Wildman–Crippen MR) is 82.3 cm³/mol. The van der Waals surface area contributed by atoms with Crippen molar-refractivity contribution in [3.8, 4) is 5.75 Å². The molecule has 3 atom stereocenters. The van der Waals surface area contributed by atoms with Crippen molar-refractivity contribution in [2.45, 2.75) is 57.2 Å². The van der Waals surface area contributed by atoms with Crippen LogP contribution in [0.1, 0.15) is 38.2 Å². The molecule has 0 saturated heterocycles. The number of hydrogen-bond acceptors (Lipinski definition) is 3. The Morgan fingerprint density at radius 3 is 2.80 bits per heavy atom. The van der Waals surface area contributed by atoms with Crippen molar-refractivity contribution in [2.24, 2.45) is 0 Å². The third kappa shape index (κ3) is 4.22. The first kappa shape index (κ1) is 15.3. The number of rotatable bonds is 6. The molecule has 3 nitrogen and oxygen atoms in total. The number of methoxy groups -OCH3 is 2. The van der Waals surface area contributed by atoms with E-state index in [1.807, 2.05) is 19.2 Å². The van der Waals surface area contributed by atoms with Gasteiger partial charge in [-0.15, -0.1) is 0 Å². The lowest BCUT2D eigenvalue weighted by atomic mass is 9.92. The van der Waals surface area contributed by atoms with Crippen molar-refractivity contribution in [3.63, 3.8) is 0 Å². The van der Waals surface area contributed by atoms with Gasteiger partial charge in [-0.05, 0) is 50.7 Å². The van der Waals surface area contributed by atoms with Crippen LogP contribution in [0.25, 0.3) is 0 Å². The van der Waals surface area contributed by atoms with Gasteiger partial charge in [0.1, 0.15) is 5.75 Å². The highest BCUT2D eigenvalue weighted by molar-refractivity contribution is 5.33. The Hall–Kier alpha value is -1.06. The van der Waals surface area contributed by atoms with E-state index >= 15 is 0 Å².